The van der Waals surface area contributed by atoms with E-state index in [9.17, 15) is 19.7 Å². The zero-order valence-corrected chi connectivity index (χ0v) is 16.4. The Morgan fingerprint density at radius 2 is 1.69 bits per heavy atom. The van der Waals surface area contributed by atoms with Crippen LogP contribution in [0.5, 0.6) is 17.2 Å². The van der Waals surface area contributed by atoms with E-state index in [0.29, 0.717) is 5.75 Å². The topological polar surface area (TPSA) is 126 Å². The Bertz CT molecular complexity index is 948. The Balaban J connectivity index is 2.11. The van der Waals surface area contributed by atoms with Crippen molar-refractivity contribution in [2.45, 2.75) is 0 Å². The molecule has 10 nitrogen and oxygen atoms in total. The van der Waals surface area contributed by atoms with E-state index in [-0.39, 0.29) is 33.5 Å². The summed E-state index contributed by atoms with van der Waals surface area (Å²) in [6.07, 6.45) is 0. The van der Waals surface area contributed by atoms with E-state index in [0.717, 1.165) is 6.07 Å². The molecule has 0 unspecified atom stereocenters. The monoisotopic (exact) mass is 424 g/mol. The molecular formula is C18H17ClN2O8. The molecule has 0 aliphatic heterocycles. The van der Waals surface area contributed by atoms with Gasteiger partial charge in [0.25, 0.3) is 11.6 Å². The molecule has 0 aromatic heterocycles. The molecule has 2 rings (SSSR count). The number of rotatable bonds is 8. The summed E-state index contributed by atoms with van der Waals surface area (Å²) in [6, 6.07) is 6.36. The fourth-order valence-corrected chi connectivity index (χ4v) is 2.55. The zero-order chi connectivity index (χ0) is 21.6. The van der Waals surface area contributed by atoms with Gasteiger partial charge in [-0.25, -0.2) is 4.79 Å². The normalized spacial score (nSPS) is 10.1. The third-order valence-corrected chi connectivity index (χ3v) is 3.99. The summed E-state index contributed by atoms with van der Waals surface area (Å²) in [7, 11) is 4.10. The Hall–Kier alpha value is -3.53. The quantitative estimate of drug-likeness (QED) is 0.389. The highest BCUT2D eigenvalue weighted by molar-refractivity contribution is 6.32. The van der Waals surface area contributed by atoms with Gasteiger partial charge in [0, 0.05) is 24.3 Å². The van der Waals surface area contributed by atoms with Crippen LogP contribution in [0.4, 0.5) is 11.4 Å². The van der Waals surface area contributed by atoms with Crippen molar-refractivity contribution in [3.63, 3.8) is 0 Å². The number of nitrogens with zero attached hydrogens (tertiary/aromatic N) is 1. The standard InChI is InChI=1S/C18H17ClN2O8/c1-26-14-5-4-10(21(24)25)6-11(14)18(23)29-9-17(22)20-13-8-15(27-2)12(19)7-16(13)28-3/h4-8H,9H2,1-3H3,(H,20,22). The van der Waals surface area contributed by atoms with E-state index >= 15 is 0 Å². The van der Waals surface area contributed by atoms with Crippen LogP contribution in [0.25, 0.3) is 0 Å². The van der Waals surface area contributed by atoms with Gasteiger partial charge in [-0.05, 0) is 6.07 Å². The number of halogens is 1. The molecule has 0 aliphatic rings. The molecule has 29 heavy (non-hydrogen) atoms. The van der Waals surface area contributed by atoms with Gasteiger partial charge in [-0.2, -0.15) is 0 Å². The minimum atomic E-state index is -0.957. The van der Waals surface area contributed by atoms with Crippen LogP contribution in [-0.4, -0.2) is 44.7 Å². The van der Waals surface area contributed by atoms with Gasteiger partial charge >= 0.3 is 5.97 Å². The van der Waals surface area contributed by atoms with E-state index in [4.69, 9.17) is 30.5 Å². The first-order valence-electron chi connectivity index (χ1n) is 8.01. The highest BCUT2D eigenvalue weighted by Gasteiger charge is 2.20. The molecule has 0 radical (unpaired) electrons. The Morgan fingerprint density at radius 1 is 1.03 bits per heavy atom. The van der Waals surface area contributed by atoms with Crippen LogP contribution in [0, 0.1) is 10.1 Å². The van der Waals surface area contributed by atoms with Gasteiger partial charge in [-0.3, -0.25) is 14.9 Å². The predicted octanol–water partition coefficient (Wildman–Crippen LogP) is 3.07. The maximum atomic E-state index is 12.3. The van der Waals surface area contributed by atoms with Gasteiger partial charge in [-0.1, -0.05) is 11.6 Å². The second-order valence-electron chi connectivity index (χ2n) is 5.45. The number of non-ortho nitro benzene ring substituents is 1. The molecule has 0 spiro atoms. The molecule has 0 bridgehead atoms. The van der Waals surface area contributed by atoms with Crippen molar-refractivity contribution >= 4 is 34.9 Å². The van der Waals surface area contributed by atoms with Gasteiger partial charge in [0.15, 0.2) is 6.61 Å². The number of anilines is 1. The van der Waals surface area contributed by atoms with Crippen LogP contribution < -0.4 is 19.5 Å². The van der Waals surface area contributed by atoms with E-state index in [1.54, 1.807) is 0 Å². The molecule has 2 aromatic rings. The largest absolute Gasteiger partial charge is 0.496 e. The molecular weight excluding hydrogens is 408 g/mol. The van der Waals surface area contributed by atoms with Crippen molar-refractivity contribution in [1.29, 1.82) is 0 Å². The number of carbonyl (C=O) groups excluding carboxylic acids is 2. The second kappa shape index (κ2) is 9.60. The first-order chi connectivity index (χ1) is 13.8. The van der Waals surface area contributed by atoms with Crippen LogP contribution in [0.3, 0.4) is 0 Å². The van der Waals surface area contributed by atoms with Crippen LogP contribution in [0.2, 0.25) is 5.02 Å². The van der Waals surface area contributed by atoms with Gasteiger partial charge in [0.05, 0.1) is 37.0 Å². The number of amides is 1. The molecule has 0 saturated heterocycles. The average molecular weight is 425 g/mol. The highest BCUT2D eigenvalue weighted by atomic mass is 35.5. The number of nitro groups is 1. The minimum Gasteiger partial charge on any atom is -0.496 e. The van der Waals surface area contributed by atoms with Crippen LogP contribution in [0.15, 0.2) is 30.3 Å². The number of nitro benzene ring substituents is 1. The van der Waals surface area contributed by atoms with E-state index in [2.05, 4.69) is 5.32 Å². The molecule has 0 saturated carbocycles. The lowest BCUT2D eigenvalue weighted by molar-refractivity contribution is -0.384. The lowest BCUT2D eigenvalue weighted by Gasteiger charge is -2.13. The summed E-state index contributed by atoms with van der Waals surface area (Å²) in [6.45, 7) is -0.654. The highest BCUT2D eigenvalue weighted by Crippen LogP contribution is 2.35. The van der Waals surface area contributed by atoms with Crippen molar-refractivity contribution in [1.82, 2.24) is 0 Å². The molecule has 154 valence electrons. The molecule has 0 fully saturated rings. The predicted molar refractivity (Wildman–Crippen MR) is 103 cm³/mol. The van der Waals surface area contributed by atoms with Gasteiger partial charge in [0.1, 0.15) is 22.8 Å². The maximum Gasteiger partial charge on any atom is 0.342 e. The first kappa shape index (κ1) is 21.8. The third kappa shape index (κ3) is 5.26. The fourth-order valence-electron chi connectivity index (χ4n) is 2.32. The average Bonchev–Trinajstić information content (AvgIpc) is 2.72. The van der Waals surface area contributed by atoms with Crippen molar-refractivity contribution < 1.29 is 33.5 Å². The molecule has 0 aliphatic carbocycles. The smallest absolute Gasteiger partial charge is 0.342 e. The number of hydrogen-bond acceptors (Lipinski definition) is 8. The molecule has 0 atom stereocenters. The summed E-state index contributed by atoms with van der Waals surface area (Å²) in [5.41, 5.74) is -0.247. The fraction of sp³-hybridized carbons (Fsp3) is 0.222. The summed E-state index contributed by atoms with van der Waals surface area (Å²) >= 11 is 6.00. The molecule has 0 heterocycles. The summed E-state index contributed by atoms with van der Waals surface area (Å²) in [4.78, 5) is 34.7. The van der Waals surface area contributed by atoms with E-state index in [1.165, 1.54) is 45.6 Å². The molecule has 1 N–H and O–H groups in total. The zero-order valence-electron chi connectivity index (χ0n) is 15.7. The summed E-state index contributed by atoms with van der Waals surface area (Å²) in [5.74, 6) is -0.978. The Morgan fingerprint density at radius 3 is 2.28 bits per heavy atom. The Labute approximate surface area is 170 Å². The lowest BCUT2D eigenvalue weighted by Crippen LogP contribution is -2.21. The first-order valence-corrected chi connectivity index (χ1v) is 8.39. The molecule has 1 amide bonds. The lowest BCUT2D eigenvalue weighted by atomic mass is 10.2. The summed E-state index contributed by atoms with van der Waals surface area (Å²) < 4.78 is 20.2. The number of nitrogens with one attached hydrogen (secondary N) is 1. The summed E-state index contributed by atoms with van der Waals surface area (Å²) in [5, 5.41) is 13.7. The Kier molecular flexibility index (Phi) is 7.21. The number of ether oxygens (including phenoxy) is 4. The number of hydrogen-bond donors (Lipinski definition) is 1. The molecule has 2 aromatic carbocycles. The molecule has 11 heteroatoms. The van der Waals surface area contributed by atoms with Crippen molar-refractivity contribution in [2.75, 3.05) is 33.3 Å². The van der Waals surface area contributed by atoms with Crippen LogP contribution >= 0.6 is 11.6 Å². The van der Waals surface area contributed by atoms with Crippen molar-refractivity contribution in [2.24, 2.45) is 0 Å². The minimum absolute atomic E-state index is 0.0742. The number of methoxy groups -OCH3 is 3. The maximum absolute atomic E-state index is 12.3. The van der Waals surface area contributed by atoms with Gasteiger partial charge < -0.3 is 24.3 Å². The van der Waals surface area contributed by atoms with Gasteiger partial charge in [0.2, 0.25) is 0 Å². The number of esters is 1. The second-order valence-corrected chi connectivity index (χ2v) is 5.86. The van der Waals surface area contributed by atoms with Crippen LogP contribution in [-0.2, 0) is 9.53 Å². The van der Waals surface area contributed by atoms with E-state index < -0.39 is 23.4 Å². The number of benzene rings is 2. The SMILES string of the molecule is COc1cc(NC(=O)COC(=O)c2cc([N+](=O)[O-])ccc2OC)c(OC)cc1Cl. The third-order valence-electron chi connectivity index (χ3n) is 3.70. The van der Waals surface area contributed by atoms with Crippen molar-refractivity contribution in [3.05, 3.63) is 51.0 Å². The van der Waals surface area contributed by atoms with Gasteiger partial charge in [-0.15, -0.1) is 0 Å². The van der Waals surface area contributed by atoms with E-state index in [1.807, 2.05) is 0 Å². The number of carbonyl (C=O) groups is 2. The van der Waals surface area contributed by atoms with Crippen molar-refractivity contribution in [3.8, 4) is 17.2 Å². The van der Waals surface area contributed by atoms with Crippen LogP contribution in [0.1, 0.15) is 10.4 Å².